The second kappa shape index (κ2) is 8.41. The molecular weight excluding hydrogens is 366 g/mol. The van der Waals surface area contributed by atoms with Crippen LogP contribution in [0.1, 0.15) is 23.2 Å². The molecule has 29 heavy (non-hydrogen) atoms. The minimum atomic E-state index is -0.803. The number of carbonyl (C=O) groups excluding carboxylic acids is 2. The Labute approximate surface area is 169 Å². The highest BCUT2D eigenvalue weighted by molar-refractivity contribution is 6.07. The summed E-state index contributed by atoms with van der Waals surface area (Å²) >= 11 is 0. The number of pyridine rings is 1. The van der Waals surface area contributed by atoms with Crippen molar-refractivity contribution in [3.05, 3.63) is 66.2 Å². The molecule has 1 atom stereocenters. The molecule has 0 saturated carbocycles. The summed E-state index contributed by atoms with van der Waals surface area (Å²) in [5, 5.41) is 13.8. The largest absolute Gasteiger partial charge is 0.389 e. The summed E-state index contributed by atoms with van der Waals surface area (Å²) in [4.78, 5) is 31.0. The molecule has 6 nitrogen and oxygen atoms in total. The first-order valence-electron chi connectivity index (χ1n) is 9.81. The summed E-state index contributed by atoms with van der Waals surface area (Å²) in [5.74, 6) is -0.212. The number of para-hydroxylation sites is 1. The van der Waals surface area contributed by atoms with Gasteiger partial charge in [0.2, 0.25) is 5.91 Å². The molecule has 1 aromatic heterocycles. The predicted molar refractivity (Wildman–Crippen MR) is 111 cm³/mol. The molecule has 0 radical (unpaired) electrons. The highest BCUT2D eigenvalue weighted by atomic mass is 16.3. The number of aliphatic hydroxyl groups excluding tert-OH is 1. The monoisotopic (exact) mass is 389 g/mol. The minimum Gasteiger partial charge on any atom is -0.389 e. The minimum absolute atomic E-state index is 0.0583. The first kappa shape index (κ1) is 19.1. The fourth-order valence-corrected chi connectivity index (χ4v) is 3.64. The van der Waals surface area contributed by atoms with Gasteiger partial charge in [-0.1, -0.05) is 48.5 Å². The lowest BCUT2D eigenvalue weighted by Crippen LogP contribution is -2.40. The van der Waals surface area contributed by atoms with Crippen LogP contribution < -0.4 is 5.32 Å². The van der Waals surface area contributed by atoms with E-state index in [0.717, 1.165) is 28.6 Å². The SMILES string of the molecule is O=C(NCC(O)CN1CCCC1=O)c1cc(-c2ccccc2)nc2ccccc12. The van der Waals surface area contributed by atoms with E-state index in [1.54, 1.807) is 11.0 Å². The Morgan fingerprint density at radius 1 is 1.14 bits per heavy atom. The van der Waals surface area contributed by atoms with Gasteiger partial charge in [-0.2, -0.15) is 0 Å². The lowest BCUT2D eigenvalue weighted by atomic mass is 10.0. The number of aliphatic hydroxyl groups is 1. The summed E-state index contributed by atoms with van der Waals surface area (Å²) in [6.45, 7) is 0.991. The van der Waals surface area contributed by atoms with Crippen molar-refractivity contribution in [3.63, 3.8) is 0 Å². The highest BCUT2D eigenvalue weighted by Gasteiger charge is 2.23. The third-order valence-corrected chi connectivity index (χ3v) is 5.13. The van der Waals surface area contributed by atoms with E-state index in [4.69, 9.17) is 0 Å². The molecule has 6 heteroatoms. The van der Waals surface area contributed by atoms with Gasteiger partial charge in [0, 0.05) is 37.0 Å². The summed E-state index contributed by atoms with van der Waals surface area (Å²) in [6, 6.07) is 19.0. The molecule has 1 saturated heterocycles. The van der Waals surface area contributed by atoms with Gasteiger partial charge in [-0.3, -0.25) is 9.59 Å². The van der Waals surface area contributed by atoms with Gasteiger partial charge in [0.15, 0.2) is 0 Å². The average molecular weight is 389 g/mol. The molecule has 1 aliphatic heterocycles. The van der Waals surface area contributed by atoms with Crippen molar-refractivity contribution < 1.29 is 14.7 Å². The Balaban J connectivity index is 1.54. The topological polar surface area (TPSA) is 82.5 Å². The van der Waals surface area contributed by atoms with Crippen molar-refractivity contribution in [1.82, 2.24) is 15.2 Å². The molecule has 0 aliphatic carbocycles. The van der Waals surface area contributed by atoms with E-state index >= 15 is 0 Å². The number of carbonyl (C=O) groups is 2. The summed E-state index contributed by atoms with van der Waals surface area (Å²) < 4.78 is 0. The van der Waals surface area contributed by atoms with Crippen LogP contribution in [0.15, 0.2) is 60.7 Å². The first-order valence-corrected chi connectivity index (χ1v) is 9.81. The molecule has 2 amide bonds. The zero-order chi connectivity index (χ0) is 20.2. The van der Waals surface area contributed by atoms with E-state index in [2.05, 4.69) is 10.3 Å². The van der Waals surface area contributed by atoms with Gasteiger partial charge in [-0.15, -0.1) is 0 Å². The van der Waals surface area contributed by atoms with Gasteiger partial charge in [0.05, 0.1) is 22.9 Å². The Hall–Kier alpha value is -3.25. The highest BCUT2D eigenvalue weighted by Crippen LogP contribution is 2.24. The van der Waals surface area contributed by atoms with Crippen LogP contribution in [0, 0.1) is 0 Å². The molecular formula is C23H23N3O3. The second-order valence-corrected chi connectivity index (χ2v) is 7.25. The quantitative estimate of drug-likeness (QED) is 0.679. The molecule has 3 aromatic rings. The number of nitrogens with zero attached hydrogens (tertiary/aromatic N) is 2. The van der Waals surface area contributed by atoms with Crippen LogP contribution in [0.4, 0.5) is 0 Å². The zero-order valence-corrected chi connectivity index (χ0v) is 16.0. The van der Waals surface area contributed by atoms with Crippen molar-refractivity contribution in [2.45, 2.75) is 18.9 Å². The fraction of sp³-hybridized carbons (Fsp3) is 0.261. The van der Waals surface area contributed by atoms with Crippen molar-refractivity contribution in [2.24, 2.45) is 0 Å². The van der Waals surface area contributed by atoms with Crippen molar-refractivity contribution in [3.8, 4) is 11.3 Å². The number of amides is 2. The number of hydrogen-bond donors (Lipinski definition) is 2. The fourth-order valence-electron chi connectivity index (χ4n) is 3.64. The molecule has 0 spiro atoms. The van der Waals surface area contributed by atoms with Crippen molar-refractivity contribution in [1.29, 1.82) is 0 Å². The molecule has 148 valence electrons. The van der Waals surface area contributed by atoms with E-state index < -0.39 is 6.10 Å². The predicted octanol–water partition coefficient (Wildman–Crippen LogP) is 2.61. The third kappa shape index (κ3) is 4.27. The van der Waals surface area contributed by atoms with Crippen molar-refractivity contribution in [2.75, 3.05) is 19.6 Å². The number of β-amino-alcohol motifs (C(OH)–C–C–N with tert-alkyl or cyclic N) is 1. The van der Waals surface area contributed by atoms with Gasteiger partial charge < -0.3 is 15.3 Å². The first-order chi connectivity index (χ1) is 14.1. The maximum Gasteiger partial charge on any atom is 0.252 e. The molecule has 2 aromatic carbocycles. The lowest BCUT2D eigenvalue weighted by molar-refractivity contribution is -0.128. The maximum absolute atomic E-state index is 12.9. The lowest BCUT2D eigenvalue weighted by Gasteiger charge is -2.20. The normalized spacial score (nSPS) is 14.9. The Bertz CT molecular complexity index is 1040. The van der Waals surface area contributed by atoms with Crippen LogP contribution >= 0.6 is 0 Å². The van der Waals surface area contributed by atoms with Crippen LogP contribution in [0.3, 0.4) is 0 Å². The summed E-state index contributed by atoms with van der Waals surface area (Å²) in [5.41, 5.74) is 2.90. The number of fused-ring (bicyclic) bond motifs is 1. The summed E-state index contributed by atoms with van der Waals surface area (Å²) in [7, 11) is 0. The van der Waals surface area contributed by atoms with Crippen LogP contribution in [-0.4, -0.2) is 52.5 Å². The van der Waals surface area contributed by atoms with Crippen molar-refractivity contribution >= 4 is 22.7 Å². The van der Waals surface area contributed by atoms with Crippen LogP contribution in [0.25, 0.3) is 22.2 Å². The van der Waals surface area contributed by atoms with E-state index in [1.165, 1.54) is 0 Å². The van der Waals surface area contributed by atoms with Gasteiger partial charge in [-0.05, 0) is 18.6 Å². The van der Waals surface area contributed by atoms with E-state index in [0.29, 0.717) is 18.5 Å². The molecule has 4 rings (SSSR count). The molecule has 2 heterocycles. The van der Waals surface area contributed by atoms with Gasteiger partial charge in [0.1, 0.15) is 0 Å². The Morgan fingerprint density at radius 2 is 1.90 bits per heavy atom. The number of benzene rings is 2. The van der Waals surface area contributed by atoms with Crippen LogP contribution in [0.5, 0.6) is 0 Å². The van der Waals surface area contributed by atoms with Gasteiger partial charge in [0.25, 0.3) is 5.91 Å². The number of nitrogens with one attached hydrogen (secondary N) is 1. The Morgan fingerprint density at radius 3 is 2.66 bits per heavy atom. The maximum atomic E-state index is 12.9. The molecule has 0 bridgehead atoms. The molecule has 1 aliphatic rings. The van der Waals surface area contributed by atoms with Gasteiger partial charge in [-0.25, -0.2) is 4.98 Å². The smallest absolute Gasteiger partial charge is 0.252 e. The second-order valence-electron chi connectivity index (χ2n) is 7.25. The average Bonchev–Trinajstić information content (AvgIpc) is 3.16. The van der Waals surface area contributed by atoms with Crippen LogP contribution in [-0.2, 0) is 4.79 Å². The van der Waals surface area contributed by atoms with E-state index in [1.807, 2.05) is 54.6 Å². The summed E-state index contributed by atoms with van der Waals surface area (Å²) in [6.07, 6.45) is 0.552. The zero-order valence-electron chi connectivity index (χ0n) is 16.0. The number of rotatable bonds is 6. The number of hydrogen-bond acceptors (Lipinski definition) is 4. The number of likely N-dealkylation sites (tertiary alicyclic amines) is 1. The van der Waals surface area contributed by atoms with Gasteiger partial charge >= 0.3 is 0 Å². The standard InChI is InChI=1S/C23H23N3O3/c27-17(15-26-12-6-11-22(26)28)14-24-23(29)19-13-21(16-7-2-1-3-8-16)25-20-10-5-4-9-18(19)20/h1-5,7-10,13,17,27H,6,11-12,14-15H2,(H,24,29). The molecule has 2 N–H and O–H groups in total. The Kier molecular flexibility index (Phi) is 5.53. The third-order valence-electron chi connectivity index (χ3n) is 5.13. The van der Waals surface area contributed by atoms with E-state index in [9.17, 15) is 14.7 Å². The number of aromatic nitrogens is 1. The van der Waals surface area contributed by atoms with Crippen LogP contribution in [0.2, 0.25) is 0 Å². The molecule has 1 fully saturated rings. The molecule has 1 unspecified atom stereocenters. The van der Waals surface area contributed by atoms with E-state index in [-0.39, 0.29) is 24.9 Å².